The average molecular weight is 570 g/mol. The van der Waals surface area contributed by atoms with Crippen LogP contribution in [0.15, 0.2) is 60.8 Å². The number of para-hydroxylation sites is 1. The number of carboxylic acids is 1. The second kappa shape index (κ2) is 12.2. The molecule has 7 N–H and O–H groups in total. The molecule has 2 amide bonds. The zero-order chi connectivity index (χ0) is 28.4. The van der Waals surface area contributed by atoms with E-state index in [1.54, 1.807) is 35.4 Å². The van der Waals surface area contributed by atoms with E-state index in [0.29, 0.717) is 5.56 Å². The Hall–Kier alpha value is -3.73. The fourth-order valence-corrected chi connectivity index (χ4v) is 5.33. The van der Waals surface area contributed by atoms with Gasteiger partial charge in [0.15, 0.2) is 11.8 Å². The molecule has 0 bridgehead atoms. The highest BCUT2D eigenvalue weighted by molar-refractivity contribution is 6.08. The molecular formula is C29H36ClN5O5. The zero-order valence-corrected chi connectivity index (χ0v) is 23.4. The van der Waals surface area contributed by atoms with Crippen LogP contribution in [0, 0.1) is 0 Å². The summed E-state index contributed by atoms with van der Waals surface area (Å²) in [5, 5.41) is 13.8. The van der Waals surface area contributed by atoms with Gasteiger partial charge in [-0.1, -0.05) is 48.5 Å². The van der Waals surface area contributed by atoms with Gasteiger partial charge in [-0.2, -0.15) is 0 Å². The predicted octanol–water partition coefficient (Wildman–Crippen LogP) is 1.90. The van der Waals surface area contributed by atoms with Crippen LogP contribution in [-0.4, -0.2) is 69.3 Å². The molecule has 3 aromatic rings. The molecule has 2 atom stereocenters. The number of nitrogens with zero attached hydrogens (tertiary/aromatic N) is 1. The zero-order valence-electron chi connectivity index (χ0n) is 22.6. The second-order valence-electron chi connectivity index (χ2n) is 10.8. The van der Waals surface area contributed by atoms with Crippen molar-refractivity contribution in [2.75, 3.05) is 13.1 Å². The largest absolute Gasteiger partial charge is 0.481 e. The van der Waals surface area contributed by atoms with Gasteiger partial charge in [0.25, 0.3) is 0 Å². The molecular weight excluding hydrogens is 534 g/mol. The fraction of sp³-hybridized carbons (Fsp3) is 0.379. The maximum Gasteiger partial charge on any atom is 0.314 e. The Morgan fingerprint density at radius 3 is 2.23 bits per heavy atom. The smallest absolute Gasteiger partial charge is 0.314 e. The minimum Gasteiger partial charge on any atom is -0.481 e. The highest BCUT2D eigenvalue weighted by Crippen LogP contribution is 2.36. The number of amides is 2. The van der Waals surface area contributed by atoms with Crippen LogP contribution >= 0.6 is 12.4 Å². The lowest BCUT2D eigenvalue weighted by molar-refractivity contribution is -0.147. The summed E-state index contributed by atoms with van der Waals surface area (Å²) in [5.74, 6) is -2.91. The summed E-state index contributed by atoms with van der Waals surface area (Å²) in [6.45, 7) is 3.38. The molecule has 0 aliphatic carbocycles. The molecule has 10 nitrogen and oxygen atoms in total. The highest BCUT2D eigenvalue weighted by atomic mass is 35.5. The highest BCUT2D eigenvalue weighted by Gasteiger charge is 2.47. The molecule has 4 rings (SSSR count). The lowest BCUT2D eigenvalue weighted by atomic mass is 9.72. The summed E-state index contributed by atoms with van der Waals surface area (Å²) in [5.41, 5.74) is 11.7. The Morgan fingerprint density at radius 2 is 1.65 bits per heavy atom. The minimum absolute atomic E-state index is 0. The number of H-pyrrole nitrogens is 1. The van der Waals surface area contributed by atoms with Crippen LogP contribution in [0.3, 0.4) is 0 Å². The van der Waals surface area contributed by atoms with E-state index in [1.807, 2.05) is 30.3 Å². The van der Waals surface area contributed by atoms with Gasteiger partial charge >= 0.3 is 5.97 Å². The third kappa shape index (κ3) is 6.19. The number of aliphatic carboxylic acids is 1. The SMILES string of the molecule is CC(C)(N)C(=O)NC(Cc1c[nH]c2ccccc12)C(=O)C(C(N)=O)N1CCC(C(=O)O)(c2ccccc2)CC1.Cl. The number of carbonyl (C=O) groups is 4. The van der Waals surface area contributed by atoms with Crippen LogP contribution in [0.1, 0.15) is 37.8 Å². The van der Waals surface area contributed by atoms with Gasteiger partial charge in [0.05, 0.1) is 17.0 Å². The van der Waals surface area contributed by atoms with Crippen molar-refractivity contribution in [3.05, 3.63) is 71.9 Å². The van der Waals surface area contributed by atoms with Gasteiger partial charge in [-0.25, -0.2) is 0 Å². The van der Waals surface area contributed by atoms with Crippen molar-refractivity contribution in [3.8, 4) is 0 Å². The molecule has 0 radical (unpaired) electrons. The lowest BCUT2D eigenvalue weighted by Gasteiger charge is -2.41. The van der Waals surface area contributed by atoms with Crippen molar-refractivity contribution in [1.82, 2.24) is 15.2 Å². The predicted molar refractivity (Wildman–Crippen MR) is 154 cm³/mol. The molecule has 1 fully saturated rings. The first-order valence-corrected chi connectivity index (χ1v) is 12.9. The van der Waals surface area contributed by atoms with Gasteiger partial charge in [0.2, 0.25) is 11.8 Å². The standard InChI is InChI=1S/C29H35N5O5.ClH/c1-28(2,31)26(37)33-22(16-18-17-32-21-11-7-6-10-20(18)21)24(35)23(25(30)36)34-14-12-29(13-15-34,27(38)39)19-8-4-3-5-9-19;/h3-11,17,22-23,32H,12-16,31H2,1-2H3,(H2,30,36)(H,33,37)(H,38,39);1H. The molecule has 11 heteroatoms. The fourth-order valence-electron chi connectivity index (χ4n) is 5.33. The van der Waals surface area contributed by atoms with Crippen molar-refractivity contribution in [1.29, 1.82) is 0 Å². The first kappa shape index (κ1) is 30.8. The number of benzene rings is 2. The van der Waals surface area contributed by atoms with Gasteiger partial charge < -0.3 is 26.9 Å². The number of rotatable bonds is 10. The number of aromatic nitrogens is 1. The van der Waals surface area contributed by atoms with Crippen molar-refractivity contribution in [3.63, 3.8) is 0 Å². The number of ketones is 1. The van der Waals surface area contributed by atoms with Crippen molar-refractivity contribution in [2.24, 2.45) is 11.5 Å². The quantitative estimate of drug-likeness (QED) is 0.232. The minimum atomic E-state index is -1.34. The average Bonchev–Trinajstić information content (AvgIpc) is 3.31. The Labute approximate surface area is 238 Å². The summed E-state index contributed by atoms with van der Waals surface area (Å²) >= 11 is 0. The van der Waals surface area contributed by atoms with Gasteiger partial charge in [-0.3, -0.25) is 24.1 Å². The van der Waals surface area contributed by atoms with E-state index in [2.05, 4.69) is 10.3 Å². The number of likely N-dealkylation sites (tertiary alicyclic amines) is 1. The van der Waals surface area contributed by atoms with Crippen LogP contribution in [0.5, 0.6) is 0 Å². The maximum atomic E-state index is 13.9. The van der Waals surface area contributed by atoms with Crippen molar-refractivity contribution >= 4 is 46.9 Å². The van der Waals surface area contributed by atoms with E-state index < -0.39 is 46.6 Å². The van der Waals surface area contributed by atoms with E-state index in [9.17, 15) is 24.3 Å². The Morgan fingerprint density at radius 1 is 1.05 bits per heavy atom. The monoisotopic (exact) mass is 569 g/mol. The third-order valence-corrected chi connectivity index (χ3v) is 7.62. The molecule has 40 heavy (non-hydrogen) atoms. The summed E-state index contributed by atoms with van der Waals surface area (Å²) in [4.78, 5) is 56.7. The van der Waals surface area contributed by atoms with Crippen LogP contribution in [0.25, 0.3) is 10.9 Å². The molecule has 214 valence electrons. The van der Waals surface area contributed by atoms with Gasteiger partial charge in [-0.15, -0.1) is 12.4 Å². The summed E-state index contributed by atoms with van der Waals surface area (Å²) in [6.07, 6.45) is 2.27. The van der Waals surface area contributed by atoms with Gasteiger partial charge in [0.1, 0.15) is 0 Å². The topological polar surface area (TPSA) is 172 Å². The number of nitrogens with two attached hydrogens (primary N) is 2. The maximum absolute atomic E-state index is 13.9. The number of primary amides is 1. The molecule has 0 spiro atoms. The number of hydrogen-bond donors (Lipinski definition) is 5. The number of carbonyl (C=O) groups excluding carboxylic acids is 3. The number of carboxylic acid groups (broad SMARTS) is 1. The van der Waals surface area contributed by atoms with Gasteiger partial charge in [0, 0.05) is 36.6 Å². The molecule has 1 aliphatic heterocycles. The van der Waals surface area contributed by atoms with Crippen molar-refractivity contribution < 1.29 is 24.3 Å². The Kier molecular flexibility index (Phi) is 9.40. The van der Waals surface area contributed by atoms with E-state index >= 15 is 0 Å². The van der Waals surface area contributed by atoms with Crippen LogP contribution < -0.4 is 16.8 Å². The molecule has 1 saturated heterocycles. The Bertz CT molecular complexity index is 1380. The first-order chi connectivity index (χ1) is 18.4. The summed E-state index contributed by atoms with van der Waals surface area (Å²) < 4.78 is 0. The second-order valence-corrected chi connectivity index (χ2v) is 10.8. The number of aromatic amines is 1. The molecule has 1 aliphatic rings. The molecule has 2 unspecified atom stereocenters. The van der Waals surface area contributed by atoms with Crippen LogP contribution in [-0.2, 0) is 31.0 Å². The first-order valence-electron chi connectivity index (χ1n) is 12.9. The lowest BCUT2D eigenvalue weighted by Crippen LogP contribution is -2.62. The van der Waals surface area contributed by atoms with Crippen LogP contribution in [0.2, 0.25) is 0 Å². The third-order valence-electron chi connectivity index (χ3n) is 7.62. The van der Waals surface area contributed by atoms with E-state index in [4.69, 9.17) is 11.5 Å². The number of Topliss-reactive ketones (excluding diaryl/α,β-unsaturated/α-hetero) is 1. The summed E-state index contributed by atoms with van der Waals surface area (Å²) in [7, 11) is 0. The molecule has 2 heterocycles. The number of piperidine rings is 1. The number of hydrogen-bond acceptors (Lipinski definition) is 6. The van der Waals surface area contributed by atoms with Crippen molar-refractivity contribution in [2.45, 2.75) is 56.1 Å². The Balaban J connectivity index is 0.00000441. The van der Waals surface area contributed by atoms with Crippen LogP contribution in [0.4, 0.5) is 0 Å². The molecule has 2 aromatic carbocycles. The summed E-state index contributed by atoms with van der Waals surface area (Å²) in [6, 6.07) is 14.1. The number of fused-ring (bicyclic) bond motifs is 1. The van der Waals surface area contributed by atoms with E-state index in [1.165, 1.54) is 13.8 Å². The molecule has 1 aromatic heterocycles. The number of halogens is 1. The normalized spacial score (nSPS) is 16.9. The van der Waals surface area contributed by atoms with E-state index in [-0.39, 0.29) is 44.8 Å². The van der Waals surface area contributed by atoms with E-state index in [0.717, 1.165) is 16.5 Å². The number of nitrogens with one attached hydrogen (secondary N) is 2. The molecule has 0 saturated carbocycles. The van der Waals surface area contributed by atoms with Gasteiger partial charge in [-0.05, 0) is 43.9 Å².